The quantitative estimate of drug-likeness (QED) is 0.321. The van der Waals surface area contributed by atoms with Crippen molar-refractivity contribution in [3.8, 4) is 22.2 Å². The van der Waals surface area contributed by atoms with Crippen LogP contribution in [0.5, 0.6) is 10.8 Å². The van der Waals surface area contributed by atoms with E-state index in [2.05, 4.69) is 32.5 Å². The van der Waals surface area contributed by atoms with Crippen LogP contribution in [-0.4, -0.2) is 57.9 Å². The summed E-state index contributed by atoms with van der Waals surface area (Å²) >= 11 is 1.51. The van der Waals surface area contributed by atoms with Gasteiger partial charge in [-0.05, 0) is 57.8 Å². The number of anilines is 2. The minimum Gasteiger partial charge on any atom is -0.444 e. The second kappa shape index (κ2) is 11.7. The number of carbonyl (C=O) groups is 1. The van der Waals surface area contributed by atoms with Crippen LogP contribution in [-0.2, 0) is 6.42 Å². The normalized spacial score (nSPS) is 10.9. The van der Waals surface area contributed by atoms with Gasteiger partial charge in [0.2, 0.25) is 5.06 Å². The van der Waals surface area contributed by atoms with Gasteiger partial charge in [0.05, 0.1) is 16.3 Å². The molecule has 0 aliphatic carbocycles. The number of hydrogen-bond donors (Lipinski definition) is 2. The van der Waals surface area contributed by atoms with Gasteiger partial charge in [-0.2, -0.15) is 0 Å². The number of rotatable bonds is 10. The number of ether oxygens (including phenoxy) is 1. The number of thiazole rings is 1. The second-order valence-electron chi connectivity index (χ2n) is 8.36. The molecule has 4 aromatic rings. The molecule has 0 bridgehead atoms. The van der Waals surface area contributed by atoms with E-state index in [9.17, 15) is 4.79 Å². The molecule has 186 valence electrons. The third-order valence-electron chi connectivity index (χ3n) is 5.14. The van der Waals surface area contributed by atoms with E-state index in [1.807, 2.05) is 44.1 Å². The molecule has 1 amide bonds. The van der Waals surface area contributed by atoms with E-state index in [0.29, 0.717) is 34.6 Å². The highest BCUT2D eigenvalue weighted by Crippen LogP contribution is 2.38. The van der Waals surface area contributed by atoms with Gasteiger partial charge in [-0.3, -0.25) is 9.78 Å². The van der Waals surface area contributed by atoms with Crippen LogP contribution < -0.4 is 15.4 Å². The summed E-state index contributed by atoms with van der Waals surface area (Å²) in [4.78, 5) is 32.3. The van der Waals surface area contributed by atoms with Crippen molar-refractivity contribution in [1.29, 1.82) is 0 Å². The molecule has 0 fully saturated rings. The molecule has 0 aliphatic heterocycles. The van der Waals surface area contributed by atoms with E-state index < -0.39 is 0 Å². The van der Waals surface area contributed by atoms with Crippen LogP contribution in [0.4, 0.5) is 11.6 Å². The summed E-state index contributed by atoms with van der Waals surface area (Å²) in [7, 11) is 3.92. The van der Waals surface area contributed by atoms with Gasteiger partial charge in [-0.25, -0.2) is 15.0 Å². The van der Waals surface area contributed by atoms with E-state index in [1.54, 1.807) is 36.7 Å². The van der Waals surface area contributed by atoms with Gasteiger partial charge in [0.15, 0.2) is 0 Å². The van der Waals surface area contributed by atoms with Crippen LogP contribution in [0.25, 0.3) is 11.4 Å². The van der Waals surface area contributed by atoms with Crippen LogP contribution in [0, 0.1) is 6.92 Å². The Kier molecular flexibility index (Phi) is 8.19. The minimum absolute atomic E-state index is 0.153. The van der Waals surface area contributed by atoms with E-state index in [1.165, 1.54) is 11.3 Å². The van der Waals surface area contributed by atoms with Crippen LogP contribution in [0.3, 0.4) is 0 Å². The largest absolute Gasteiger partial charge is 0.444 e. The lowest BCUT2D eigenvalue weighted by atomic mass is 10.2. The van der Waals surface area contributed by atoms with Crippen molar-refractivity contribution in [3.63, 3.8) is 0 Å². The molecule has 0 saturated carbocycles. The van der Waals surface area contributed by atoms with E-state index in [-0.39, 0.29) is 5.91 Å². The van der Waals surface area contributed by atoms with Crippen LogP contribution in [0.1, 0.15) is 28.0 Å². The zero-order valence-electron chi connectivity index (χ0n) is 20.8. The molecular weight excluding hydrogens is 474 g/mol. The Bertz CT molecular complexity index is 1320. The minimum atomic E-state index is -0.153. The molecule has 0 aliphatic rings. The monoisotopic (exact) mass is 503 g/mol. The number of aromatic nitrogens is 4. The van der Waals surface area contributed by atoms with Gasteiger partial charge in [0.25, 0.3) is 5.91 Å². The molecular formula is C26H29N7O2S. The Labute approximate surface area is 214 Å². The smallest absolute Gasteiger partial charge is 0.252 e. The predicted octanol–water partition coefficient (Wildman–Crippen LogP) is 4.69. The van der Waals surface area contributed by atoms with Crippen molar-refractivity contribution < 1.29 is 9.53 Å². The molecule has 2 N–H and O–H groups in total. The van der Waals surface area contributed by atoms with Crippen molar-refractivity contribution >= 4 is 28.9 Å². The van der Waals surface area contributed by atoms with Gasteiger partial charge in [-0.15, -0.1) is 0 Å². The molecule has 0 saturated heterocycles. The molecule has 0 aromatic carbocycles. The highest BCUT2D eigenvalue weighted by Gasteiger charge is 2.16. The van der Waals surface area contributed by atoms with Gasteiger partial charge < -0.3 is 20.3 Å². The number of aryl methyl sites for hydroxylation is 2. The highest BCUT2D eigenvalue weighted by atomic mass is 32.1. The molecule has 10 heteroatoms. The van der Waals surface area contributed by atoms with Crippen molar-refractivity contribution in [2.75, 3.05) is 32.5 Å². The molecule has 0 unspecified atom stereocenters. The first-order valence-electron chi connectivity index (χ1n) is 11.6. The number of amides is 1. The van der Waals surface area contributed by atoms with Crippen molar-refractivity contribution in [1.82, 2.24) is 30.2 Å². The Morgan fingerprint density at radius 3 is 2.67 bits per heavy atom. The predicted molar refractivity (Wildman–Crippen MR) is 142 cm³/mol. The molecule has 0 atom stereocenters. The maximum Gasteiger partial charge on any atom is 0.252 e. The standard InChI is InChI=1S/C26H29N7O2S/c1-5-23-32-24(20-8-6-7-17(2)30-20)26(36-23)35-19-11-12-27-22(15-19)31-21-10-9-18(16-29-21)25(34)28-13-14-33(3)4/h6-12,15-16H,5,13-14H2,1-4H3,(H,28,34)(H,27,29,31). The number of nitrogens with zero attached hydrogens (tertiary/aromatic N) is 5. The third-order valence-corrected chi connectivity index (χ3v) is 6.22. The first kappa shape index (κ1) is 25.2. The fourth-order valence-corrected chi connectivity index (χ4v) is 4.16. The van der Waals surface area contributed by atoms with Gasteiger partial charge in [-0.1, -0.05) is 24.3 Å². The number of carbonyl (C=O) groups excluding carboxylic acids is 1. The lowest BCUT2D eigenvalue weighted by molar-refractivity contribution is 0.0950. The number of nitrogens with one attached hydrogen (secondary N) is 2. The average molecular weight is 504 g/mol. The van der Waals surface area contributed by atoms with Gasteiger partial charge in [0, 0.05) is 37.2 Å². The first-order chi connectivity index (χ1) is 17.4. The Morgan fingerprint density at radius 2 is 1.94 bits per heavy atom. The van der Waals surface area contributed by atoms with Crippen LogP contribution >= 0.6 is 11.3 Å². The fraction of sp³-hybridized carbons (Fsp3) is 0.269. The summed E-state index contributed by atoms with van der Waals surface area (Å²) in [5.41, 5.74) is 2.93. The van der Waals surface area contributed by atoms with Crippen molar-refractivity contribution in [2.45, 2.75) is 20.3 Å². The third kappa shape index (κ3) is 6.61. The van der Waals surface area contributed by atoms with Gasteiger partial charge >= 0.3 is 0 Å². The summed E-state index contributed by atoms with van der Waals surface area (Å²) in [5.74, 6) is 1.60. The van der Waals surface area contributed by atoms with E-state index >= 15 is 0 Å². The molecule has 0 spiro atoms. The van der Waals surface area contributed by atoms with Crippen molar-refractivity contribution in [2.24, 2.45) is 0 Å². The Morgan fingerprint density at radius 1 is 1.08 bits per heavy atom. The zero-order chi connectivity index (χ0) is 25.5. The summed E-state index contributed by atoms with van der Waals surface area (Å²) in [5, 5.41) is 7.70. The molecule has 4 heterocycles. The van der Waals surface area contributed by atoms with Gasteiger partial charge in [0.1, 0.15) is 23.1 Å². The molecule has 0 radical (unpaired) electrons. The number of pyridine rings is 3. The second-order valence-corrected chi connectivity index (χ2v) is 9.40. The van der Waals surface area contributed by atoms with Crippen molar-refractivity contribution in [3.05, 3.63) is 71.1 Å². The number of likely N-dealkylation sites (N-methyl/N-ethyl adjacent to an activating group) is 1. The van der Waals surface area contributed by atoms with Crippen LogP contribution in [0.15, 0.2) is 54.9 Å². The van der Waals surface area contributed by atoms with E-state index in [4.69, 9.17) is 9.72 Å². The number of hydrogen-bond acceptors (Lipinski definition) is 9. The maximum absolute atomic E-state index is 12.3. The topological polar surface area (TPSA) is 105 Å². The summed E-state index contributed by atoms with van der Waals surface area (Å²) in [6.07, 6.45) is 4.01. The van der Waals surface area contributed by atoms with E-state index in [0.717, 1.165) is 35.1 Å². The summed E-state index contributed by atoms with van der Waals surface area (Å²) < 4.78 is 6.23. The highest BCUT2D eigenvalue weighted by molar-refractivity contribution is 7.14. The summed E-state index contributed by atoms with van der Waals surface area (Å²) in [6, 6.07) is 12.9. The molecule has 4 rings (SSSR count). The fourth-order valence-electron chi connectivity index (χ4n) is 3.28. The zero-order valence-corrected chi connectivity index (χ0v) is 21.6. The summed E-state index contributed by atoms with van der Waals surface area (Å²) in [6.45, 7) is 5.36. The first-order valence-corrected chi connectivity index (χ1v) is 12.5. The lowest BCUT2D eigenvalue weighted by Gasteiger charge is -2.11. The molecule has 36 heavy (non-hydrogen) atoms. The maximum atomic E-state index is 12.3. The average Bonchev–Trinajstić information content (AvgIpc) is 3.27. The molecule has 4 aromatic heterocycles. The SMILES string of the molecule is CCc1nc(-c2cccc(C)n2)c(Oc2ccnc(Nc3ccc(C(=O)NCCN(C)C)cn3)c2)s1. The Hall–Kier alpha value is -3.89. The molecule has 9 nitrogen and oxygen atoms in total. The van der Waals surface area contributed by atoms with Crippen LogP contribution in [0.2, 0.25) is 0 Å². The lowest BCUT2D eigenvalue weighted by Crippen LogP contribution is -2.31. The Balaban J connectivity index is 1.45.